The second kappa shape index (κ2) is 1.69. The molecular weight excluding hydrogens is 110 g/mol. The van der Waals surface area contributed by atoms with Gasteiger partial charge in [0.05, 0.1) is 5.69 Å². The SMILES string of the molecule is [c]1ccnc2c1C=CC2. The minimum Gasteiger partial charge on any atom is -0.260 e. The van der Waals surface area contributed by atoms with Crippen molar-refractivity contribution in [1.82, 2.24) is 4.98 Å². The molecule has 1 aliphatic carbocycles. The molecule has 1 aromatic rings. The topological polar surface area (TPSA) is 12.9 Å². The first-order chi connectivity index (χ1) is 4.47. The molecule has 1 heterocycles. The minimum atomic E-state index is 0.979. The first kappa shape index (κ1) is 4.74. The summed E-state index contributed by atoms with van der Waals surface area (Å²) in [5.74, 6) is 0. The van der Waals surface area contributed by atoms with Crippen LogP contribution in [-0.2, 0) is 6.42 Å². The van der Waals surface area contributed by atoms with Crippen molar-refractivity contribution in [1.29, 1.82) is 0 Å². The fraction of sp³-hybridized carbons (Fsp3) is 0.125. The lowest BCUT2D eigenvalue weighted by molar-refractivity contribution is 1.13. The maximum atomic E-state index is 4.17. The molecule has 1 aliphatic rings. The zero-order valence-corrected chi connectivity index (χ0v) is 4.96. The van der Waals surface area contributed by atoms with E-state index in [2.05, 4.69) is 23.2 Å². The van der Waals surface area contributed by atoms with Gasteiger partial charge in [-0.25, -0.2) is 0 Å². The van der Waals surface area contributed by atoms with E-state index in [1.165, 1.54) is 0 Å². The highest BCUT2D eigenvalue weighted by Crippen LogP contribution is 2.14. The molecule has 9 heavy (non-hydrogen) atoms. The highest BCUT2D eigenvalue weighted by Gasteiger charge is 2.02. The lowest BCUT2D eigenvalue weighted by atomic mass is 10.2. The van der Waals surface area contributed by atoms with Crippen LogP contribution in [0, 0.1) is 6.07 Å². The van der Waals surface area contributed by atoms with Gasteiger partial charge in [0.1, 0.15) is 0 Å². The Labute approximate surface area is 54.1 Å². The van der Waals surface area contributed by atoms with Crippen LogP contribution in [0.2, 0.25) is 0 Å². The van der Waals surface area contributed by atoms with E-state index in [1.807, 2.05) is 6.07 Å². The van der Waals surface area contributed by atoms with Gasteiger partial charge in [0.25, 0.3) is 0 Å². The quantitative estimate of drug-likeness (QED) is 0.500. The number of rotatable bonds is 0. The Morgan fingerprint density at radius 3 is 3.44 bits per heavy atom. The Morgan fingerprint density at radius 1 is 1.56 bits per heavy atom. The van der Waals surface area contributed by atoms with Gasteiger partial charge in [0.2, 0.25) is 0 Å². The summed E-state index contributed by atoms with van der Waals surface area (Å²) >= 11 is 0. The second-order valence-corrected chi connectivity index (χ2v) is 2.06. The van der Waals surface area contributed by atoms with Crippen molar-refractivity contribution in [3.63, 3.8) is 0 Å². The Bertz CT molecular complexity index is 250. The molecule has 0 N–H and O–H groups in total. The van der Waals surface area contributed by atoms with Crippen LogP contribution in [0.25, 0.3) is 6.08 Å². The average molecular weight is 116 g/mol. The molecule has 0 fully saturated rings. The molecule has 0 atom stereocenters. The van der Waals surface area contributed by atoms with E-state index < -0.39 is 0 Å². The van der Waals surface area contributed by atoms with Crippen molar-refractivity contribution in [3.05, 3.63) is 35.7 Å². The van der Waals surface area contributed by atoms with Gasteiger partial charge in [-0.3, -0.25) is 4.98 Å². The molecule has 1 heteroatoms. The summed E-state index contributed by atoms with van der Waals surface area (Å²) in [7, 11) is 0. The van der Waals surface area contributed by atoms with Crippen LogP contribution < -0.4 is 0 Å². The molecule has 0 unspecified atom stereocenters. The summed E-state index contributed by atoms with van der Waals surface area (Å²) < 4.78 is 0. The van der Waals surface area contributed by atoms with Crippen LogP contribution in [0.3, 0.4) is 0 Å². The zero-order chi connectivity index (χ0) is 6.10. The largest absolute Gasteiger partial charge is 0.260 e. The maximum absolute atomic E-state index is 4.17. The Balaban J connectivity index is 2.63. The number of nitrogens with zero attached hydrogens (tertiary/aromatic N) is 1. The molecule has 1 nitrogen and oxygen atoms in total. The summed E-state index contributed by atoms with van der Waals surface area (Å²) in [6.07, 6.45) is 6.93. The monoisotopic (exact) mass is 116 g/mol. The Morgan fingerprint density at radius 2 is 2.56 bits per heavy atom. The molecule has 43 valence electrons. The van der Waals surface area contributed by atoms with Crippen LogP contribution in [0.15, 0.2) is 18.3 Å². The first-order valence-corrected chi connectivity index (χ1v) is 2.99. The predicted octanol–water partition coefficient (Wildman–Crippen LogP) is 1.45. The second-order valence-electron chi connectivity index (χ2n) is 2.06. The fourth-order valence-electron chi connectivity index (χ4n) is 1.00. The zero-order valence-electron chi connectivity index (χ0n) is 4.96. The number of hydrogen-bond acceptors (Lipinski definition) is 1. The third kappa shape index (κ3) is 0.653. The normalized spacial score (nSPS) is 13.8. The summed E-state index contributed by atoms with van der Waals surface area (Å²) in [6, 6.07) is 4.94. The molecule has 1 aromatic heterocycles. The van der Waals surface area contributed by atoms with Crippen molar-refractivity contribution < 1.29 is 0 Å². The van der Waals surface area contributed by atoms with Gasteiger partial charge < -0.3 is 0 Å². The van der Waals surface area contributed by atoms with Gasteiger partial charge >= 0.3 is 0 Å². The standard InChI is InChI=1S/C8H6N/c1-3-7-4-2-6-9-8(7)5-1/h1-3,6H,5H2. The molecule has 0 amide bonds. The number of hydrogen-bond donors (Lipinski definition) is 0. The van der Waals surface area contributed by atoms with Crippen molar-refractivity contribution in [3.8, 4) is 0 Å². The summed E-state index contributed by atoms with van der Waals surface area (Å²) in [5.41, 5.74) is 2.30. The van der Waals surface area contributed by atoms with Crippen LogP contribution in [0.5, 0.6) is 0 Å². The fourth-order valence-corrected chi connectivity index (χ4v) is 1.00. The molecule has 0 spiro atoms. The van der Waals surface area contributed by atoms with Gasteiger partial charge in [-0.2, -0.15) is 0 Å². The number of aromatic nitrogens is 1. The maximum Gasteiger partial charge on any atom is 0.0519 e. The smallest absolute Gasteiger partial charge is 0.0519 e. The Hall–Kier alpha value is -1.11. The van der Waals surface area contributed by atoms with Crippen LogP contribution >= 0.6 is 0 Å². The minimum absolute atomic E-state index is 0.979. The molecule has 0 saturated carbocycles. The number of fused-ring (bicyclic) bond motifs is 1. The van der Waals surface area contributed by atoms with Crippen LogP contribution in [0.4, 0.5) is 0 Å². The van der Waals surface area contributed by atoms with E-state index in [0.717, 1.165) is 17.7 Å². The molecule has 2 rings (SSSR count). The van der Waals surface area contributed by atoms with Crippen molar-refractivity contribution in [2.75, 3.05) is 0 Å². The number of pyridine rings is 1. The third-order valence-corrected chi connectivity index (χ3v) is 1.45. The predicted molar refractivity (Wildman–Crippen MR) is 35.8 cm³/mol. The molecule has 1 radical (unpaired) electrons. The van der Waals surface area contributed by atoms with Crippen LogP contribution in [0.1, 0.15) is 11.3 Å². The van der Waals surface area contributed by atoms with Gasteiger partial charge in [0.15, 0.2) is 0 Å². The number of allylic oxidation sites excluding steroid dienone is 1. The lowest BCUT2D eigenvalue weighted by Gasteiger charge is -1.91. The molecule has 0 aliphatic heterocycles. The van der Waals surface area contributed by atoms with Crippen molar-refractivity contribution in [2.24, 2.45) is 0 Å². The van der Waals surface area contributed by atoms with E-state index in [-0.39, 0.29) is 0 Å². The molecule has 0 saturated heterocycles. The highest BCUT2D eigenvalue weighted by molar-refractivity contribution is 5.56. The van der Waals surface area contributed by atoms with Gasteiger partial charge in [-0.15, -0.1) is 0 Å². The summed E-state index contributed by atoms with van der Waals surface area (Å²) in [4.78, 5) is 4.17. The Kier molecular flexibility index (Phi) is 0.890. The van der Waals surface area contributed by atoms with Gasteiger partial charge in [-0.05, 0) is 12.1 Å². The summed E-state index contributed by atoms with van der Waals surface area (Å²) in [6.45, 7) is 0. The van der Waals surface area contributed by atoms with E-state index in [0.29, 0.717) is 0 Å². The van der Waals surface area contributed by atoms with Crippen molar-refractivity contribution in [2.45, 2.75) is 6.42 Å². The molecule has 0 bridgehead atoms. The van der Waals surface area contributed by atoms with Gasteiger partial charge in [0, 0.05) is 18.2 Å². The molecule has 0 aromatic carbocycles. The summed E-state index contributed by atoms with van der Waals surface area (Å²) in [5, 5.41) is 0. The van der Waals surface area contributed by atoms with Crippen LogP contribution in [-0.4, -0.2) is 4.98 Å². The third-order valence-electron chi connectivity index (χ3n) is 1.45. The molecular formula is C8H6N. The average Bonchev–Trinajstić information content (AvgIpc) is 2.33. The van der Waals surface area contributed by atoms with E-state index in [4.69, 9.17) is 0 Å². The van der Waals surface area contributed by atoms with E-state index in [9.17, 15) is 0 Å². The van der Waals surface area contributed by atoms with Gasteiger partial charge in [-0.1, -0.05) is 12.2 Å². The first-order valence-electron chi connectivity index (χ1n) is 2.99. The van der Waals surface area contributed by atoms with E-state index in [1.54, 1.807) is 6.20 Å². The van der Waals surface area contributed by atoms with Crippen molar-refractivity contribution >= 4 is 6.08 Å². The van der Waals surface area contributed by atoms with E-state index >= 15 is 0 Å². The highest BCUT2D eigenvalue weighted by atomic mass is 14.7. The lowest BCUT2D eigenvalue weighted by Crippen LogP contribution is -1.84.